The number of hydrogen-bond acceptors (Lipinski definition) is 3. The lowest BCUT2D eigenvalue weighted by Crippen LogP contribution is -2.39. The molecule has 0 aromatic rings. The van der Waals surface area contributed by atoms with Crippen molar-refractivity contribution in [3.8, 4) is 0 Å². The Balaban J connectivity index is 2.43. The third-order valence-electron chi connectivity index (χ3n) is 4.30. The Hall–Kier alpha value is -1.12. The predicted molar refractivity (Wildman–Crippen MR) is 73.3 cm³/mol. The molecule has 0 spiro atoms. The number of Topliss-reactive ketones (excluding diaryl/α,β-unsaturated/α-hetero) is 1. The maximum atomic E-state index is 12.4. The molecular formula is C16H24O3. The highest BCUT2D eigenvalue weighted by atomic mass is 16.5. The van der Waals surface area contributed by atoms with Crippen molar-refractivity contribution in [1.29, 1.82) is 0 Å². The highest BCUT2D eigenvalue weighted by Crippen LogP contribution is 2.46. The van der Waals surface area contributed by atoms with Crippen LogP contribution in [-0.4, -0.2) is 11.8 Å². The summed E-state index contributed by atoms with van der Waals surface area (Å²) in [6.07, 6.45) is 3.91. The van der Waals surface area contributed by atoms with Gasteiger partial charge < -0.3 is 4.74 Å². The Labute approximate surface area is 115 Å². The first-order valence-electron chi connectivity index (χ1n) is 7.37. The quantitative estimate of drug-likeness (QED) is 0.731. The van der Waals surface area contributed by atoms with Crippen molar-refractivity contribution < 1.29 is 14.3 Å². The Bertz CT molecular complexity index is 431. The fourth-order valence-electron chi connectivity index (χ4n) is 3.45. The van der Waals surface area contributed by atoms with E-state index in [1.54, 1.807) is 0 Å². The number of ether oxygens (including phenoxy) is 1. The second-order valence-corrected chi connectivity index (χ2v) is 6.61. The third kappa shape index (κ3) is 2.60. The van der Waals surface area contributed by atoms with Gasteiger partial charge in [-0.3, -0.25) is 9.59 Å². The molecule has 0 bridgehead atoms. The molecule has 0 amide bonds. The minimum atomic E-state index is -0.135. The predicted octanol–water partition coefficient (Wildman–Crippen LogP) is 3.63. The van der Waals surface area contributed by atoms with Gasteiger partial charge in [-0.05, 0) is 18.3 Å². The van der Waals surface area contributed by atoms with Crippen molar-refractivity contribution in [3.05, 3.63) is 11.3 Å². The van der Waals surface area contributed by atoms with Crippen molar-refractivity contribution in [3.63, 3.8) is 0 Å². The summed E-state index contributed by atoms with van der Waals surface area (Å²) in [4.78, 5) is 24.6. The van der Waals surface area contributed by atoms with E-state index in [1.807, 2.05) is 6.92 Å². The maximum Gasteiger partial charge on any atom is 0.314 e. The number of ketones is 1. The van der Waals surface area contributed by atoms with Crippen molar-refractivity contribution in [2.24, 2.45) is 17.3 Å². The van der Waals surface area contributed by atoms with Gasteiger partial charge in [0.25, 0.3) is 0 Å². The molecule has 0 radical (unpaired) electrons. The van der Waals surface area contributed by atoms with E-state index in [9.17, 15) is 9.59 Å². The lowest BCUT2D eigenvalue weighted by molar-refractivity contribution is -0.150. The number of esters is 1. The summed E-state index contributed by atoms with van der Waals surface area (Å²) in [7, 11) is 0. The lowest BCUT2D eigenvalue weighted by atomic mass is 9.68. The van der Waals surface area contributed by atoms with Crippen LogP contribution in [0.15, 0.2) is 11.3 Å². The van der Waals surface area contributed by atoms with Gasteiger partial charge in [-0.2, -0.15) is 0 Å². The van der Waals surface area contributed by atoms with Gasteiger partial charge in [-0.15, -0.1) is 0 Å². The fraction of sp³-hybridized carbons (Fsp3) is 0.750. The van der Waals surface area contributed by atoms with Gasteiger partial charge in [0, 0.05) is 24.3 Å². The zero-order valence-corrected chi connectivity index (χ0v) is 12.4. The van der Waals surface area contributed by atoms with E-state index in [1.165, 1.54) is 0 Å². The molecule has 1 heterocycles. The Morgan fingerprint density at radius 2 is 1.84 bits per heavy atom. The molecule has 19 heavy (non-hydrogen) atoms. The molecule has 1 aliphatic carbocycles. The van der Waals surface area contributed by atoms with Crippen LogP contribution in [0.5, 0.6) is 0 Å². The van der Waals surface area contributed by atoms with E-state index in [0.717, 1.165) is 24.8 Å². The fourth-order valence-corrected chi connectivity index (χ4v) is 3.45. The van der Waals surface area contributed by atoms with E-state index in [-0.39, 0.29) is 29.0 Å². The van der Waals surface area contributed by atoms with Crippen LogP contribution in [0.3, 0.4) is 0 Å². The molecule has 1 aliphatic heterocycles. The molecule has 0 unspecified atom stereocenters. The van der Waals surface area contributed by atoms with Crippen molar-refractivity contribution in [2.75, 3.05) is 0 Å². The molecule has 0 saturated carbocycles. The zero-order valence-electron chi connectivity index (χ0n) is 12.4. The maximum absolute atomic E-state index is 12.4. The van der Waals surface area contributed by atoms with E-state index >= 15 is 0 Å². The van der Waals surface area contributed by atoms with Crippen LogP contribution in [-0.2, 0) is 14.3 Å². The van der Waals surface area contributed by atoms with Crippen LogP contribution < -0.4 is 0 Å². The Morgan fingerprint density at radius 1 is 1.16 bits per heavy atom. The van der Waals surface area contributed by atoms with Gasteiger partial charge >= 0.3 is 5.97 Å². The lowest BCUT2D eigenvalue weighted by Gasteiger charge is -2.39. The van der Waals surface area contributed by atoms with Crippen LogP contribution in [0.25, 0.3) is 0 Å². The van der Waals surface area contributed by atoms with Crippen LogP contribution in [0.4, 0.5) is 0 Å². The first kappa shape index (κ1) is 14.3. The van der Waals surface area contributed by atoms with Gasteiger partial charge in [0.15, 0.2) is 5.78 Å². The van der Waals surface area contributed by atoms with Gasteiger partial charge in [-0.1, -0.05) is 34.1 Å². The number of carbonyl (C=O) groups is 2. The third-order valence-corrected chi connectivity index (χ3v) is 4.30. The highest BCUT2D eigenvalue weighted by Gasteiger charge is 2.45. The van der Waals surface area contributed by atoms with E-state index in [2.05, 4.69) is 20.8 Å². The van der Waals surface area contributed by atoms with E-state index in [0.29, 0.717) is 18.6 Å². The van der Waals surface area contributed by atoms with Gasteiger partial charge in [0.1, 0.15) is 5.76 Å². The van der Waals surface area contributed by atoms with E-state index in [4.69, 9.17) is 4.74 Å². The van der Waals surface area contributed by atoms with Crippen molar-refractivity contribution in [1.82, 2.24) is 0 Å². The standard InChI is InChI=1S/C16H24O3/c1-5-7-11-10(6-2)15(18)19-13-9-16(3,4)8-12(17)14(11)13/h10-11H,5-9H2,1-4H3/t10-,11-/m1/s1. The monoisotopic (exact) mass is 264 g/mol. The largest absolute Gasteiger partial charge is 0.430 e. The topological polar surface area (TPSA) is 43.4 Å². The van der Waals surface area contributed by atoms with Crippen molar-refractivity contribution >= 4 is 11.8 Å². The summed E-state index contributed by atoms with van der Waals surface area (Å²) in [5.74, 6) is 0.661. The summed E-state index contributed by atoms with van der Waals surface area (Å²) in [5, 5.41) is 0. The molecule has 0 saturated heterocycles. The molecule has 106 valence electrons. The average molecular weight is 264 g/mol. The zero-order chi connectivity index (χ0) is 14.2. The summed E-state index contributed by atoms with van der Waals surface area (Å²) in [6.45, 7) is 8.22. The Kier molecular flexibility index (Phi) is 3.84. The van der Waals surface area contributed by atoms with Crippen molar-refractivity contribution in [2.45, 2.75) is 59.8 Å². The Morgan fingerprint density at radius 3 is 2.42 bits per heavy atom. The second kappa shape index (κ2) is 5.10. The number of rotatable bonds is 3. The average Bonchev–Trinajstić information content (AvgIpc) is 2.26. The molecular weight excluding hydrogens is 240 g/mol. The molecule has 0 fully saturated rings. The normalized spacial score (nSPS) is 30.1. The van der Waals surface area contributed by atoms with Gasteiger partial charge in [0.2, 0.25) is 0 Å². The summed E-state index contributed by atoms with van der Waals surface area (Å²) in [6, 6.07) is 0. The van der Waals surface area contributed by atoms with Crippen LogP contribution in [0.2, 0.25) is 0 Å². The summed E-state index contributed by atoms with van der Waals surface area (Å²) in [5.41, 5.74) is 0.735. The van der Waals surface area contributed by atoms with Crippen LogP contribution >= 0.6 is 0 Å². The molecule has 0 aromatic heterocycles. The summed E-state index contributed by atoms with van der Waals surface area (Å²) >= 11 is 0. The second-order valence-electron chi connectivity index (χ2n) is 6.61. The number of allylic oxidation sites excluding steroid dienone is 2. The molecule has 3 heteroatoms. The SMILES string of the molecule is CCC[C@H]1C2=C(CC(C)(C)CC2=O)OC(=O)[C@@H]1CC. The molecule has 2 aliphatic rings. The molecule has 0 N–H and O–H groups in total. The van der Waals surface area contributed by atoms with Crippen LogP contribution in [0, 0.1) is 17.3 Å². The number of hydrogen-bond donors (Lipinski definition) is 0. The first-order chi connectivity index (χ1) is 8.89. The van der Waals surface area contributed by atoms with Gasteiger partial charge in [-0.25, -0.2) is 0 Å². The number of carbonyl (C=O) groups excluding carboxylic acids is 2. The summed E-state index contributed by atoms with van der Waals surface area (Å²) < 4.78 is 5.50. The highest BCUT2D eigenvalue weighted by molar-refractivity contribution is 5.99. The molecule has 2 atom stereocenters. The molecule has 0 aromatic carbocycles. The van der Waals surface area contributed by atoms with Crippen LogP contribution in [0.1, 0.15) is 59.8 Å². The first-order valence-corrected chi connectivity index (χ1v) is 7.37. The minimum Gasteiger partial charge on any atom is -0.430 e. The van der Waals surface area contributed by atoms with Gasteiger partial charge in [0.05, 0.1) is 5.92 Å². The smallest absolute Gasteiger partial charge is 0.314 e. The van der Waals surface area contributed by atoms with E-state index < -0.39 is 0 Å². The minimum absolute atomic E-state index is 0.0786. The molecule has 2 rings (SSSR count). The molecule has 3 nitrogen and oxygen atoms in total.